The number of amides is 2. The molecular formula is C33H37Cl2N7O3. The van der Waals surface area contributed by atoms with Crippen molar-refractivity contribution in [2.24, 2.45) is 5.73 Å². The summed E-state index contributed by atoms with van der Waals surface area (Å²) in [5, 5.41) is 8.64. The van der Waals surface area contributed by atoms with Crippen molar-refractivity contribution in [1.29, 1.82) is 0 Å². The first-order valence-electron chi connectivity index (χ1n) is 15.0. The van der Waals surface area contributed by atoms with Crippen molar-refractivity contribution < 1.29 is 14.3 Å². The van der Waals surface area contributed by atoms with Crippen LogP contribution in [-0.4, -0.2) is 88.4 Å². The molecule has 1 aliphatic heterocycles. The van der Waals surface area contributed by atoms with Gasteiger partial charge in [0, 0.05) is 70.1 Å². The molecule has 0 radical (unpaired) electrons. The maximum absolute atomic E-state index is 13.1. The van der Waals surface area contributed by atoms with E-state index in [4.69, 9.17) is 38.8 Å². The van der Waals surface area contributed by atoms with E-state index >= 15 is 0 Å². The SMILES string of the molecule is NC(=O)[C@H](Cc1ccccc1)NC(=O)CCN(CCN1CCOCC1)Cc1cc(-c2cccnc2)nn1-c1ccc(Cl)c(Cl)c1. The van der Waals surface area contributed by atoms with Crippen LogP contribution in [0.5, 0.6) is 0 Å². The lowest BCUT2D eigenvalue weighted by molar-refractivity contribution is -0.127. The fourth-order valence-corrected chi connectivity index (χ4v) is 5.53. The molecule has 0 spiro atoms. The highest BCUT2D eigenvalue weighted by atomic mass is 35.5. The predicted molar refractivity (Wildman–Crippen MR) is 175 cm³/mol. The first-order valence-corrected chi connectivity index (χ1v) is 15.7. The number of carbonyl (C=O) groups is 2. The van der Waals surface area contributed by atoms with Crippen LogP contribution in [0.2, 0.25) is 10.0 Å². The average molecular weight is 651 g/mol. The van der Waals surface area contributed by atoms with Gasteiger partial charge in [-0.05, 0) is 42.0 Å². The molecule has 1 atom stereocenters. The Kier molecular flexibility index (Phi) is 11.6. The third-order valence-electron chi connectivity index (χ3n) is 7.73. The number of benzene rings is 2. The zero-order valence-electron chi connectivity index (χ0n) is 24.9. The van der Waals surface area contributed by atoms with Gasteiger partial charge in [0.05, 0.1) is 40.3 Å². The molecule has 45 heavy (non-hydrogen) atoms. The summed E-state index contributed by atoms with van der Waals surface area (Å²) in [6.45, 7) is 5.63. The van der Waals surface area contributed by atoms with Gasteiger partial charge in [-0.15, -0.1) is 0 Å². The maximum Gasteiger partial charge on any atom is 0.240 e. The third-order valence-corrected chi connectivity index (χ3v) is 8.47. The second kappa shape index (κ2) is 16.0. The van der Waals surface area contributed by atoms with Crippen molar-refractivity contribution in [3.8, 4) is 16.9 Å². The van der Waals surface area contributed by atoms with Crippen LogP contribution in [0.1, 0.15) is 17.7 Å². The van der Waals surface area contributed by atoms with Gasteiger partial charge in [-0.1, -0.05) is 53.5 Å². The predicted octanol–water partition coefficient (Wildman–Crippen LogP) is 3.98. The lowest BCUT2D eigenvalue weighted by Gasteiger charge is -2.30. The number of primary amides is 1. The summed E-state index contributed by atoms with van der Waals surface area (Å²) in [7, 11) is 0. The highest BCUT2D eigenvalue weighted by Gasteiger charge is 2.21. The van der Waals surface area contributed by atoms with Gasteiger partial charge in [0.25, 0.3) is 0 Å². The molecule has 0 saturated carbocycles. The minimum Gasteiger partial charge on any atom is -0.379 e. The average Bonchev–Trinajstić information content (AvgIpc) is 3.48. The van der Waals surface area contributed by atoms with Gasteiger partial charge in [-0.3, -0.25) is 24.4 Å². The molecule has 5 rings (SSSR count). The van der Waals surface area contributed by atoms with Crippen LogP contribution in [0.4, 0.5) is 0 Å². The van der Waals surface area contributed by atoms with Crippen LogP contribution in [0.3, 0.4) is 0 Å². The fraction of sp³-hybridized carbons (Fsp3) is 0.333. The molecule has 0 aliphatic carbocycles. The van der Waals surface area contributed by atoms with Gasteiger partial charge in [0.2, 0.25) is 11.8 Å². The van der Waals surface area contributed by atoms with Crippen LogP contribution < -0.4 is 11.1 Å². The standard InChI is InChI=1S/C33H37Cl2N7O3/c34-28-9-8-26(20-29(28)35)42-27(21-30(39-42)25-7-4-11-37-22-25)23-41(14-13-40-15-17-45-18-16-40)12-10-32(43)38-31(33(36)44)19-24-5-2-1-3-6-24/h1-9,11,20-22,31H,10,12-19,23H2,(H2,36,44)(H,38,43)/t31-/m0/s1. The number of carbonyl (C=O) groups excluding carboxylic acids is 2. The van der Waals surface area contributed by atoms with E-state index in [0.29, 0.717) is 49.3 Å². The van der Waals surface area contributed by atoms with Gasteiger partial charge in [-0.25, -0.2) is 4.68 Å². The molecule has 0 bridgehead atoms. The minimum absolute atomic E-state index is 0.193. The Hall–Kier alpha value is -3.80. The highest BCUT2D eigenvalue weighted by molar-refractivity contribution is 6.42. The number of halogens is 2. The topological polar surface area (TPSA) is 119 Å². The number of nitrogens with two attached hydrogens (primary N) is 1. The number of rotatable bonds is 14. The monoisotopic (exact) mass is 649 g/mol. The molecule has 12 heteroatoms. The molecule has 0 unspecified atom stereocenters. The molecule has 1 saturated heterocycles. The summed E-state index contributed by atoms with van der Waals surface area (Å²) < 4.78 is 7.38. The second-order valence-electron chi connectivity index (χ2n) is 11.0. The third kappa shape index (κ3) is 9.35. The van der Waals surface area contributed by atoms with Gasteiger partial charge in [0.15, 0.2) is 0 Å². The van der Waals surface area contributed by atoms with Crippen molar-refractivity contribution in [2.45, 2.75) is 25.4 Å². The number of hydrogen-bond donors (Lipinski definition) is 2. The lowest BCUT2D eigenvalue weighted by atomic mass is 10.1. The minimum atomic E-state index is -0.792. The van der Waals surface area contributed by atoms with Gasteiger partial charge in [-0.2, -0.15) is 5.10 Å². The molecule has 10 nitrogen and oxygen atoms in total. The van der Waals surface area contributed by atoms with E-state index in [-0.39, 0.29) is 12.3 Å². The summed E-state index contributed by atoms with van der Waals surface area (Å²) >= 11 is 12.6. The molecule has 2 amide bonds. The van der Waals surface area contributed by atoms with E-state index in [1.807, 2.05) is 59.3 Å². The first kappa shape index (κ1) is 32.6. The molecule has 1 fully saturated rings. The van der Waals surface area contributed by atoms with Crippen molar-refractivity contribution in [3.63, 3.8) is 0 Å². The van der Waals surface area contributed by atoms with E-state index in [1.165, 1.54) is 0 Å². The van der Waals surface area contributed by atoms with Crippen molar-refractivity contribution >= 4 is 35.0 Å². The van der Waals surface area contributed by atoms with Gasteiger partial charge >= 0.3 is 0 Å². The molecule has 3 heterocycles. The van der Waals surface area contributed by atoms with E-state index in [2.05, 4.69) is 20.1 Å². The van der Waals surface area contributed by atoms with E-state index < -0.39 is 11.9 Å². The Labute approximate surface area is 273 Å². The number of nitrogens with zero attached hydrogens (tertiary/aromatic N) is 5. The number of hydrogen-bond acceptors (Lipinski definition) is 7. The van der Waals surface area contributed by atoms with Crippen LogP contribution in [0.25, 0.3) is 16.9 Å². The summed E-state index contributed by atoms with van der Waals surface area (Å²) in [5.41, 5.74) is 9.90. The van der Waals surface area contributed by atoms with E-state index in [1.54, 1.807) is 24.5 Å². The molecule has 3 N–H and O–H groups in total. The van der Waals surface area contributed by atoms with Crippen molar-refractivity contribution in [3.05, 3.63) is 100 Å². The number of pyridine rings is 1. The zero-order valence-corrected chi connectivity index (χ0v) is 26.5. The van der Waals surface area contributed by atoms with E-state index in [0.717, 1.165) is 47.8 Å². The fourth-order valence-electron chi connectivity index (χ4n) is 5.23. The Bertz CT molecular complexity index is 1560. The number of morpholine rings is 1. The first-order chi connectivity index (χ1) is 21.9. The van der Waals surface area contributed by atoms with Gasteiger partial charge in [0.1, 0.15) is 6.04 Å². The Balaban J connectivity index is 1.35. The van der Waals surface area contributed by atoms with Crippen molar-refractivity contribution in [2.75, 3.05) is 45.9 Å². The summed E-state index contributed by atoms with van der Waals surface area (Å²) in [6, 6.07) is 20.0. The zero-order chi connectivity index (χ0) is 31.6. The van der Waals surface area contributed by atoms with Crippen LogP contribution in [-0.2, 0) is 27.3 Å². The second-order valence-corrected chi connectivity index (χ2v) is 11.8. The van der Waals surface area contributed by atoms with Crippen molar-refractivity contribution in [1.82, 2.24) is 29.9 Å². The number of nitrogens with one attached hydrogen (secondary N) is 1. The Morgan fingerprint density at radius 1 is 1.00 bits per heavy atom. The highest BCUT2D eigenvalue weighted by Crippen LogP contribution is 2.27. The normalized spacial score (nSPS) is 14.4. The lowest BCUT2D eigenvalue weighted by Crippen LogP contribution is -2.47. The molecule has 2 aromatic carbocycles. The van der Waals surface area contributed by atoms with Crippen LogP contribution in [0, 0.1) is 0 Å². The quantitative estimate of drug-likeness (QED) is 0.212. The molecule has 2 aromatic heterocycles. The summed E-state index contributed by atoms with van der Waals surface area (Å²) in [4.78, 5) is 34.2. The number of ether oxygens (including phenoxy) is 1. The molecule has 1 aliphatic rings. The Morgan fingerprint density at radius 3 is 2.51 bits per heavy atom. The smallest absolute Gasteiger partial charge is 0.240 e. The molecular weight excluding hydrogens is 613 g/mol. The number of aromatic nitrogens is 3. The van der Waals surface area contributed by atoms with E-state index in [9.17, 15) is 9.59 Å². The molecule has 4 aromatic rings. The maximum atomic E-state index is 13.1. The molecule has 236 valence electrons. The Morgan fingerprint density at radius 2 is 1.80 bits per heavy atom. The summed E-state index contributed by atoms with van der Waals surface area (Å²) in [5.74, 6) is -0.801. The van der Waals surface area contributed by atoms with Gasteiger partial charge < -0.3 is 15.8 Å². The summed E-state index contributed by atoms with van der Waals surface area (Å²) in [6.07, 6.45) is 4.03. The largest absolute Gasteiger partial charge is 0.379 e. The van der Waals surface area contributed by atoms with Crippen LogP contribution >= 0.6 is 23.2 Å². The van der Waals surface area contributed by atoms with Crippen LogP contribution in [0.15, 0.2) is 79.1 Å².